The number of nitrogens with zero attached hydrogens (tertiary/aromatic N) is 3. The molecule has 154 valence electrons. The number of aryl methyl sites for hydroxylation is 1. The van der Waals surface area contributed by atoms with Crippen LogP contribution in [0.5, 0.6) is 11.5 Å². The summed E-state index contributed by atoms with van der Waals surface area (Å²) in [6.45, 7) is 1.79. The van der Waals surface area contributed by atoms with Crippen LogP contribution in [0.2, 0.25) is 0 Å². The maximum atomic E-state index is 12.5. The van der Waals surface area contributed by atoms with E-state index in [4.69, 9.17) is 13.9 Å². The van der Waals surface area contributed by atoms with Crippen molar-refractivity contribution in [3.8, 4) is 33.7 Å². The van der Waals surface area contributed by atoms with Crippen molar-refractivity contribution in [1.29, 1.82) is 0 Å². The van der Waals surface area contributed by atoms with Gasteiger partial charge in [0.1, 0.15) is 17.3 Å². The topological polar surface area (TPSA) is 115 Å². The van der Waals surface area contributed by atoms with Crippen LogP contribution >= 0.6 is 11.3 Å². The summed E-state index contributed by atoms with van der Waals surface area (Å²) in [5, 5.41) is 11.5. The fourth-order valence-corrected chi connectivity index (χ4v) is 3.50. The van der Waals surface area contributed by atoms with Crippen LogP contribution in [-0.4, -0.2) is 40.3 Å². The third-order valence-electron chi connectivity index (χ3n) is 4.35. The Morgan fingerprint density at radius 3 is 2.83 bits per heavy atom. The number of aromatic amines is 1. The fourth-order valence-electron chi connectivity index (χ4n) is 2.85. The Morgan fingerprint density at radius 1 is 1.23 bits per heavy atom. The predicted octanol–water partition coefficient (Wildman–Crippen LogP) is 3.70. The third-order valence-corrected chi connectivity index (χ3v) is 5.21. The molecular weight excluding hydrogens is 406 g/mol. The Hall–Kier alpha value is -3.66. The average molecular weight is 425 g/mol. The standard InChI is InChI=1S/C20H19N5O4S/c1-11-14(21-19(29-11)16-5-4-8-30-16)10-17(26)22-20-23-18(24-25-20)13-7-6-12(27-2)9-15(13)28-3/h4-9H,10H2,1-3H3,(H2,22,23,24,25,26). The molecule has 0 aliphatic carbocycles. The second-order valence-electron chi connectivity index (χ2n) is 6.30. The largest absolute Gasteiger partial charge is 0.497 e. The minimum atomic E-state index is -0.295. The Bertz CT molecular complexity index is 1170. The van der Waals surface area contributed by atoms with E-state index in [1.807, 2.05) is 17.5 Å². The molecule has 0 aliphatic heterocycles. The molecule has 2 N–H and O–H groups in total. The number of H-pyrrole nitrogens is 1. The number of methoxy groups -OCH3 is 2. The normalized spacial score (nSPS) is 10.8. The first-order chi connectivity index (χ1) is 14.6. The van der Waals surface area contributed by atoms with Gasteiger partial charge in [-0.3, -0.25) is 15.2 Å². The molecule has 0 bridgehead atoms. The smallest absolute Gasteiger partial charge is 0.249 e. The van der Waals surface area contributed by atoms with Gasteiger partial charge < -0.3 is 13.9 Å². The van der Waals surface area contributed by atoms with Gasteiger partial charge in [0, 0.05) is 6.07 Å². The molecular formula is C20H19N5O4S. The summed E-state index contributed by atoms with van der Waals surface area (Å²) in [7, 11) is 3.14. The lowest BCUT2D eigenvalue weighted by Crippen LogP contribution is -2.16. The first-order valence-corrected chi connectivity index (χ1v) is 9.90. The molecule has 9 nitrogen and oxygen atoms in total. The minimum absolute atomic E-state index is 0.0520. The number of hydrogen-bond acceptors (Lipinski definition) is 8. The lowest BCUT2D eigenvalue weighted by atomic mass is 10.2. The highest BCUT2D eigenvalue weighted by Crippen LogP contribution is 2.31. The van der Waals surface area contributed by atoms with E-state index in [9.17, 15) is 4.79 Å². The van der Waals surface area contributed by atoms with Crippen molar-refractivity contribution in [1.82, 2.24) is 20.2 Å². The molecule has 0 saturated carbocycles. The molecule has 4 rings (SSSR count). The Balaban J connectivity index is 1.46. The van der Waals surface area contributed by atoms with Crippen LogP contribution in [0, 0.1) is 6.92 Å². The van der Waals surface area contributed by atoms with Crippen molar-refractivity contribution >= 4 is 23.2 Å². The van der Waals surface area contributed by atoms with E-state index in [2.05, 4.69) is 25.5 Å². The summed E-state index contributed by atoms with van der Waals surface area (Å²) in [6.07, 6.45) is 0.0520. The predicted molar refractivity (Wildman–Crippen MR) is 112 cm³/mol. The summed E-state index contributed by atoms with van der Waals surface area (Å²) < 4.78 is 16.3. The number of carbonyl (C=O) groups excluding carboxylic acids is 1. The number of oxazole rings is 1. The summed E-state index contributed by atoms with van der Waals surface area (Å²) in [6, 6.07) is 9.17. The molecule has 0 saturated heterocycles. The van der Waals surface area contributed by atoms with E-state index in [-0.39, 0.29) is 18.3 Å². The van der Waals surface area contributed by atoms with Crippen molar-refractivity contribution in [3.05, 3.63) is 47.2 Å². The van der Waals surface area contributed by atoms with Gasteiger partial charge in [0.15, 0.2) is 5.82 Å². The van der Waals surface area contributed by atoms with Gasteiger partial charge in [-0.15, -0.1) is 16.4 Å². The van der Waals surface area contributed by atoms with Crippen LogP contribution < -0.4 is 14.8 Å². The van der Waals surface area contributed by atoms with Crippen molar-refractivity contribution in [2.75, 3.05) is 19.5 Å². The van der Waals surface area contributed by atoms with Gasteiger partial charge in [0.25, 0.3) is 0 Å². The van der Waals surface area contributed by atoms with E-state index < -0.39 is 0 Å². The Labute approximate surface area is 176 Å². The maximum Gasteiger partial charge on any atom is 0.249 e. The minimum Gasteiger partial charge on any atom is -0.497 e. The van der Waals surface area contributed by atoms with Gasteiger partial charge >= 0.3 is 0 Å². The Kier molecular flexibility index (Phi) is 5.48. The lowest BCUT2D eigenvalue weighted by molar-refractivity contribution is -0.115. The molecule has 10 heteroatoms. The monoisotopic (exact) mass is 425 g/mol. The summed E-state index contributed by atoms with van der Waals surface area (Å²) >= 11 is 1.53. The van der Waals surface area contributed by atoms with Gasteiger partial charge in [-0.05, 0) is 30.5 Å². The van der Waals surface area contributed by atoms with Crippen molar-refractivity contribution < 1.29 is 18.7 Å². The highest BCUT2D eigenvalue weighted by Gasteiger charge is 2.17. The maximum absolute atomic E-state index is 12.5. The van der Waals surface area contributed by atoms with Gasteiger partial charge in [-0.1, -0.05) is 6.07 Å². The van der Waals surface area contributed by atoms with Crippen molar-refractivity contribution in [3.63, 3.8) is 0 Å². The third kappa shape index (κ3) is 4.03. The second kappa shape index (κ2) is 8.37. The summed E-state index contributed by atoms with van der Waals surface area (Å²) in [4.78, 5) is 22.1. The summed E-state index contributed by atoms with van der Waals surface area (Å²) in [5.74, 6) is 2.67. The number of aromatic nitrogens is 4. The zero-order valence-corrected chi connectivity index (χ0v) is 17.4. The molecule has 4 aromatic rings. The number of carbonyl (C=O) groups is 1. The molecule has 1 amide bonds. The molecule has 0 aliphatic rings. The zero-order valence-electron chi connectivity index (χ0n) is 16.6. The van der Waals surface area contributed by atoms with Gasteiger partial charge in [0.2, 0.25) is 17.7 Å². The molecule has 0 radical (unpaired) electrons. The zero-order chi connectivity index (χ0) is 21.1. The molecule has 3 heterocycles. The molecule has 0 fully saturated rings. The molecule has 0 unspecified atom stereocenters. The van der Waals surface area contributed by atoms with Crippen molar-refractivity contribution in [2.45, 2.75) is 13.3 Å². The van der Waals surface area contributed by atoms with Crippen molar-refractivity contribution in [2.24, 2.45) is 0 Å². The lowest BCUT2D eigenvalue weighted by Gasteiger charge is -2.07. The van der Waals surface area contributed by atoms with E-state index in [1.165, 1.54) is 11.3 Å². The number of benzene rings is 1. The van der Waals surface area contributed by atoms with Gasteiger partial charge in [-0.2, -0.15) is 4.98 Å². The van der Waals surface area contributed by atoms with Gasteiger partial charge in [-0.25, -0.2) is 4.98 Å². The van der Waals surface area contributed by atoms with Crippen LogP contribution in [0.15, 0.2) is 40.1 Å². The number of rotatable bonds is 7. The fraction of sp³-hybridized carbons (Fsp3) is 0.200. The number of amides is 1. The first-order valence-electron chi connectivity index (χ1n) is 9.02. The van der Waals surface area contributed by atoms with E-state index in [0.29, 0.717) is 40.2 Å². The summed E-state index contributed by atoms with van der Waals surface area (Å²) in [5.41, 5.74) is 1.27. The number of anilines is 1. The number of ether oxygens (including phenoxy) is 2. The van der Waals surface area contributed by atoms with Gasteiger partial charge in [0.05, 0.1) is 36.8 Å². The number of hydrogen-bond donors (Lipinski definition) is 2. The SMILES string of the molecule is COc1ccc(-c2nc(NC(=O)Cc3nc(-c4cccs4)oc3C)n[nH]2)c(OC)c1. The number of thiophene rings is 1. The van der Waals surface area contributed by atoms with Crippen LogP contribution in [0.3, 0.4) is 0 Å². The van der Waals surface area contributed by atoms with Crippen LogP contribution in [0.4, 0.5) is 5.95 Å². The molecule has 0 spiro atoms. The Morgan fingerprint density at radius 2 is 2.10 bits per heavy atom. The van der Waals surface area contributed by atoms with E-state index in [0.717, 1.165) is 4.88 Å². The van der Waals surface area contributed by atoms with Crippen LogP contribution in [0.25, 0.3) is 22.2 Å². The van der Waals surface area contributed by atoms with Crippen LogP contribution in [0.1, 0.15) is 11.5 Å². The molecule has 30 heavy (non-hydrogen) atoms. The van der Waals surface area contributed by atoms with Crippen LogP contribution in [-0.2, 0) is 11.2 Å². The molecule has 3 aromatic heterocycles. The first kappa shape index (κ1) is 19.6. The van der Waals surface area contributed by atoms with E-state index >= 15 is 0 Å². The molecule has 1 aromatic carbocycles. The van der Waals surface area contributed by atoms with E-state index in [1.54, 1.807) is 39.3 Å². The quantitative estimate of drug-likeness (QED) is 0.464. The second-order valence-corrected chi connectivity index (χ2v) is 7.25. The average Bonchev–Trinajstić information content (AvgIpc) is 3.50. The number of nitrogens with one attached hydrogen (secondary N) is 2. The molecule has 0 atom stereocenters. The highest BCUT2D eigenvalue weighted by atomic mass is 32.1. The highest BCUT2D eigenvalue weighted by molar-refractivity contribution is 7.13.